The van der Waals surface area contributed by atoms with E-state index < -0.39 is 0 Å². The summed E-state index contributed by atoms with van der Waals surface area (Å²) >= 11 is 0. The monoisotopic (exact) mass is 162 g/mol. The predicted octanol–water partition coefficient (Wildman–Crippen LogP) is 0.602. The van der Waals surface area contributed by atoms with Gasteiger partial charge in [-0.05, 0) is 25.2 Å². The molecule has 12 heavy (non-hydrogen) atoms. The maximum Gasteiger partial charge on any atom is 0.391 e. The summed E-state index contributed by atoms with van der Waals surface area (Å²) in [5.41, 5.74) is 0. The molecule has 0 fully saturated rings. The second-order valence-electron chi connectivity index (χ2n) is 2.35. The highest BCUT2D eigenvalue weighted by molar-refractivity contribution is 6.52. The summed E-state index contributed by atoms with van der Waals surface area (Å²) < 4.78 is 1.80. The van der Waals surface area contributed by atoms with Crippen LogP contribution >= 0.6 is 0 Å². The molecule has 0 radical (unpaired) electrons. The zero-order valence-corrected chi connectivity index (χ0v) is 6.94. The van der Waals surface area contributed by atoms with E-state index in [1.54, 1.807) is 23.1 Å². The lowest BCUT2D eigenvalue weighted by Gasteiger charge is -2.06. The molecule has 4 nitrogen and oxygen atoms in total. The van der Waals surface area contributed by atoms with Gasteiger partial charge in [-0.3, -0.25) is 4.59 Å². The summed E-state index contributed by atoms with van der Waals surface area (Å²) in [5.74, 6) is 0. The van der Waals surface area contributed by atoms with Gasteiger partial charge in [0.05, 0.1) is 0 Å². The average molecular weight is 162 g/mol. The Hall–Kier alpha value is -1.52. The van der Waals surface area contributed by atoms with E-state index in [0.29, 0.717) is 0 Å². The standard InChI is InChI=1S/C7H11BN4/c1-8(10-5-2-4-9)12-7-3-6-11-12/h2-7,9-10H,1H3/b5-2-,9-4?. The van der Waals surface area contributed by atoms with Gasteiger partial charge in [-0.25, -0.2) is 0 Å². The first-order valence-corrected chi connectivity index (χ1v) is 3.75. The third-order valence-corrected chi connectivity index (χ3v) is 1.45. The number of nitrogens with one attached hydrogen (secondary N) is 2. The number of hydrogen-bond acceptors (Lipinski definition) is 3. The van der Waals surface area contributed by atoms with Crippen molar-refractivity contribution in [2.75, 3.05) is 0 Å². The van der Waals surface area contributed by atoms with Crippen molar-refractivity contribution in [3.63, 3.8) is 0 Å². The Morgan fingerprint density at radius 2 is 2.50 bits per heavy atom. The Balaban J connectivity index is 2.44. The van der Waals surface area contributed by atoms with Crippen LogP contribution in [0, 0.1) is 5.41 Å². The summed E-state index contributed by atoms with van der Waals surface area (Å²) in [6.07, 6.45) is 8.19. The van der Waals surface area contributed by atoms with Gasteiger partial charge in [0.2, 0.25) is 0 Å². The van der Waals surface area contributed by atoms with Crippen LogP contribution < -0.4 is 5.23 Å². The summed E-state index contributed by atoms with van der Waals surface area (Å²) in [6, 6.07) is 1.87. The number of allylic oxidation sites excluding steroid dienone is 1. The minimum atomic E-state index is 0.121. The van der Waals surface area contributed by atoms with Crippen LogP contribution in [0.4, 0.5) is 0 Å². The minimum absolute atomic E-state index is 0.121. The summed E-state index contributed by atoms with van der Waals surface area (Å²) in [6.45, 7) is 2.11. The molecule has 0 saturated carbocycles. The van der Waals surface area contributed by atoms with Crippen molar-refractivity contribution in [1.82, 2.24) is 14.9 Å². The largest absolute Gasteiger partial charge is 0.414 e. The molecule has 0 saturated heterocycles. The molecule has 1 aromatic rings. The summed E-state index contributed by atoms with van der Waals surface area (Å²) in [7, 11) is 0. The smallest absolute Gasteiger partial charge is 0.391 e. The molecular formula is C7H11BN4. The predicted molar refractivity (Wildman–Crippen MR) is 50.3 cm³/mol. The van der Waals surface area contributed by atoms with E-state index >= 15 is 0 Å². The van der Waals surface area contributed by atoms with Crippen LogP contribution in [0.15, 0.2) is 30.7 Å². The van der Waals surface area contributed by atoms with E-state index in [2.05, 4.69) is 10.3 Å². The quantitative estimate of drug-likeness (QED) is 0.503. The van der Waals surface area contributed by atoms with Gasteiger partial charge in [0.25, 0.3) is 0 Å². The lowest BCUT2D eigenvalue weighted by molar-refractivity contribution is 0.929. The molecule has 0 atom stereocenters. The van der Waals surface area contributed by atoms with Crippen molar-refractivity contribution in [2.24, 2.45) is 0 Å². The molecule has 5 heteroatoms. The molecule has 62 valence electrons. The molecule has 0 aliphatic heterocycles. The Kier molecular flexibility index (Phi) is 3.13. The van der Waals surface area contributed by atoms with E-state index in [1.165, 1.54) is 6.21 Å². The first-order valence-electron chi connectivity index (χ1n) is 3.75. The molecule has 1 aromatic heterocycles. The third-order valence-electron chi connectivity index (χ3n) is 1.45. The average Bonchev–Trinajstić information content (AvgIpc) is 2.56. The van der Waals surface area contributed by atoms with Crippen LogP contribution in [0.2, 0.25) is 6.82 Å². The fraction of sp³-hybridized carbons (Fsp3) is 0.143. The van der Waals surface area contributed by atoms with Crippen molar-refractivity contribution < 1.29 is 0 Å². The highest BCUT2D eigenvalue weighted by Crippen LogP contribution is 1.85. The van der Waals surface area contributed by atoms with Gasteiger partial charge >= 0.3 is 6.98 Å². The maximum absolute atomic E-state index is 6.75. The molecule has 2 N–H and O–H groups in total. The first-order chi connectivity index (χ1) is 5.84. The van der Waals surface area contributed by atoms with Crippen molar-refractivity contribution in [3.05, 3.63) is 30.7 Å². The SMILES string of the molecule is CB(N/C=C\C=N)n1cccn1. The first kappa shape index (κ1) is 8.58. The second-order valence-corrected chi connectivity index (χ2v) is 2.35. The van der Waals surface area contributed by atoms with E-state index in [0.717, 1.165) is 0 Å². The molecule has 1 heterocycles. The third kappa shape index (κ3) is 2.27. The van der Waals surface area contributed by atoms with Crippen molar-refractivity contribution in [2.45, 2.75) is 6.82 Å². The van der Waals surface area contributed by atoms with Crippen LogP contribution in [-0.2, 0) is 0 Å². The number of rotatable bonds is 4. The van der Waals surface area contributed by atoms with E-state index in [4.69, 9.17) is 5.41 Å². The van der Waals surface area contributed by atoms with Crippen LogP contribution in [-0.4, -0.2) is 22.9 Å². The Morgan fingerprint density at radius 1 is 1.67 bits per heavy atom. The molecule has 0 aliphatic carbocycles. The van der Waals surface area contributed by atoms with Gasteiger partial charge in [-0.1, -0.05) is 0 Å². The van der Waals surface area contributed by atoms with Gasteiger partial charge in [-0.15, -0.1) is 0 Å². The fourth-order valence-corrected chi connectivity index (χ4v) is 0.829. The molecular weight excluding hydrogens is 151 g/mol. The van der Waals surface area contributed by atoms with Gasteiger partial charge < -0.3 is 10.6 Å². The van der Waals surface area contributed by atoms with Gasteiger partial charge in [0.15, 0.2) is 0 Å². The number of aromatic nitrogens is 2. The Labute approximate surface area is 71.9 Å². The van der Waals surface area contributed by atoms with Crippen LogP contribution in [0.25, 0.3) is 0 Å². The molecule has 0 unspecified atom stereocenters. The zero-order valence-electron chi connectivity index (χ0n) is 6.94. The lowest BCUT2D eigenvalue weighted by atomic mass is 9.81. The van der Waals surface area contributed by atoms with Crippen molar-refractivity contribution in [3.8, 4) is 0 Å². The molecule has 0 spiro atoms. The highest BCUT2D eigenvalue weighted by atomic mass is 15.2. The van der Waals surface area contributed by atoms with Gasteiger partial charge in [0, 0.05) is 18.6 Å². The van der Waals surface area contributed by atoms with Crippen LogP contribution in [0.1, 0.15) is 0 Å². The molecule has 0 aromatic carbocycles. The van der Waals surface area contributed by atoms with Crippen LogP contribution in [0.5, 0.6) is 0 Å². The lowest BCUT2D eigenvalue weighted by Crippen LogP contribution is -2.34. The van der Waals surface area contributed by atoms with Crippen LogP contribution in [0.3, 0.4) is 0 Å². The van der Waals surface area contributed by atoms with E-state index in [-0.39, 0.29) is 6.98 Å². The number of hydrogen-bond donors (Lipinski definition) is 2. The minimum Gasteiger partial charge on any atom is -0.414 e. The molecule has 0 amide bonds. The fourth-order valence-electron chi connectivity index (χ4n) is 0.829. The maximum atomic E-state index is 6.75. The Bertz CT molecular complexity index is 254. The topological polar surface area (TPSA) is 53.7 Å². The van der Waals surface area contributed by atoms with E-state index in [1.807, 2.05) is 19.1 Å². The molecule has 0 aliphatic rings. The molecule has 0 bridgehead atoms. The van der Waals surface area contributed by atoms with Crippen molar-refractivity contribution in [1.29, 1.82) is 5.41 Å². The van der Waals surface area contributed by atoms with Gasteiger partial charge in [-0.2, -0.15) is 5.10 Å². The normalized spacial score (nSPS) is 10.1. The highest BCUT2D eigenvalue weighted by Gasteiger charge is 2.06. The van der Waals surface area contributed by atoms with Crippen molar-refractivity contribution >= 4 is 13.2 Å². The summed E-state index contributed by atoms with van der Waals surface area (Å²) in [4.78, 5) is 0. The van der Waals surface area contributed by atoms with Gasteiger partial charge in [0.1, 0.15) is 0 Å². The summed E-state index contributed by atoms with van der Waals surface area (Å²) in [5, 5.41) is 13.9. The second kappa shape index (κ2) is 4.38. The zero-order chi connectivity index (χ0) is 8.81. The number of nitrogens with zero attached hydrogens (tertiary/aromatic N) is 2. The molecule has 1 rings (SSSR count). The van der Waals surface area contributed by atoms with E-state index in [9.17, 15) is 0 Å². The Morgan fingerprint density at radius 3 is 3.08 bits per heavy atom.